The monoisotopic (exact) mass is 508 g/mol. The Morgan fingerprint density at radius 2 is 2.17 bits per heavy atom. The Kier molecular flexibility index (Phi) is 5.57. The van der Waals surface area contributed by atoms with Gasteiger partial charge in [-0.25, -0.2) is 14.4 Å². The third-order valence-electron chi connectivity index (χ3n) is 6.98. The summed E-state index contributed by atoms with van der Waals surface area (Å²) in [5.74, 6) is 1.71. The molecule has 3 aromatic rings. The molecule has 6 rings (SSSR count). The number of hydrogen-bond donors (Lipinski definition) is 0. The minimum Gasteiger partial charge on any atom is -0.474 e. The lowest BCUT2D eigenvalue weighted by atomic mass is 9.77. The fraction of sp³-hybridized carbons (Fsp3) is 0.385. The highest BCUT2D eigenvalue weighted by atomic mass is 35.5. The van der Waals surface area contributed by atoms with Crippen molar-refractivity contribution in [3.05, 3.63) is 70.8 Å². The second-order valence-corrected chi connectivity index (χ2v) is 10.3. The van der Waals surface area contributed by atoms with E-state index < -0.39 is 0 Å². The number of allylic oxidation sites excluding steroid dienone is 3. The van der Waals surface area contributed by atoms with Gasteiger partial charge in [0, 0.05) is 16.0 Å². The highest BCUT2D eigenvalue weighted by Crippen LogP contribution is 2.39. The van der Waals surface area contributed by atoms with Crippen LogP contribution in [0.3, 0.4) is 0 Å². The van der Waals surface area contributed by atoms with Gasteiger partial charge in [0.25, 0.3) is 0 Å². The number of rotatable bonds is 5. The van der Waals surface area contributed by atoms with Crippen LogP contribution in [0.4, 0.5) is 4.39 Å². The van der Waals surface area contributed by atoms with Crippen LogP contribution in [0.2, 0.25) is 5.02 Å². The summed E-state index contributed by atoms with van der Waals surface area (Å²) in [6, 6.07) is 5.56. The van der Waals surface area contributed by atoms with E-state index in [0.29, 0.717) is 54.4 Å². The maximum absolute atomic E-state index is 13.6. The molecule has 186 valence electrons. The summed E-state index contributed by atoms with van der Waals surface area (Å²) in [4.78, 5) is 9.63. The molecule has 1 aromatic carbocycles. The first kappa shape index (κ1) is 23.1. The molecule has 8 nitrogen and oxygen atoms in total. The Bertz CT molecular complexity index is 1440. The fourth-order valence-electron chi connectivity index (χ4n) is 4.82. The van der Waals surface area contributed by atoms with Gasteiger partial charge >= 0.3 is 0 Å². The SMILES string of the molecule is CC(C)OCc1nnc2n1Cc1c(C3=N[C@@H](C4(C)C=CC(F)=CC4)CO3)ncn1-c1ccc(Cl)cc1-2. The highest BCUT2D eigenvalue weighted by Gasteiger charge is 2.38. The van der Waals surface area contributed by atoms with Gasteiger partial charge in [-0.2, -0.15) is 0 Å². The number of ether oxygens (including phenoxy) is 2. The van der Waals surface area contributed by atoms with E-state index >= 15 is 0 Å². The predicted molar refractivity (Wildman–Crippen MR) is 134 cm³/mol. The maximum Gasteiger partial charge on any atom is 0.237 e. The normalized spacial score (nSPS) is 22.4. The Labute approximate surface area is 213 Å². The molecule has 0 amide bonds. The van der Waals surface area contributed by atoms with E-state index in [-0.39, 0.29) is 23.4 Å². The predicted octanol–water partition coefficient (Wildman–Crippen LogP) is 5.04. The van der Waals surface area contributed by atoms with Crippen LogP contribution < -0.4 is 0 Å². The second-order valence-electron chi connectivity index (χ2n) is 9.85. The summed E-state index contributed by atoms with van der Waals surface area (Å²) in [6.07, 6.45) is 7.41. The number of fused-ring (bicyclic) bond motifs is 5. The molecule has 0 N–H and O–H groups in total. The standard InChI is InChI=1S/C26H26ClFN6O2/c1-15(2)35-13-22-31-32-24-18-10-16(27)4-5-19(18)34-14-29-23(20(34)11-33(22)24)25-30-21(12-36-25)26(3)8-6-17(28)7-9-26/h4-8,10,14-15,21H,9,11-13H2,1-3H3/t21-,26?/m1/s1. The van der Waals surface area contributed by atoms with Crippen molar-refractivity contribution in [1.29, 1.82) is 0 Å². The summed E-state index contributed by atoms with van der Waals surface area (Å²) in [5.41, 5.74) is 3.00. The van der Waals surface area contributed by atoms with E-state index in [4.69, 9.17) is 31.1 Å². The molecule has 36 heavy (non-hydrogen) atoms. The quantitative estimate of drug-likeness (QED) is 0.377. The molecule has 3 aliphatic rings. The lowest BCUT2D eigenvalue weighted by Crippen LogP contribution is -2.30. The molecule has 0 saturated heterocycles. The lowest BCUT2D eigenvalue weighted by molar-refractivity contribution is 0.0595. The molecule has 10 heteroatoms. The van der Waals surface area contributed by atoms with Gasteiger partial charge in [0.05, 0.1) is 30.1 Å². The molecule has 2 aliphatic heterocycles. The molecule has 4 heterocycles. The first-order valence-corrected chi connectivity index (χ1v) is 12.4. The van der Waals surface area contributed by atoms with Gasteiger partial charge in [-0.3, -0.25) is 4.57 Å². The second kappa shape index (κ2) is 8.67. The van der Waals surface area contributed by atoms with Crippen molar-refractivity contribution in [1.82, 2.24) is 24.3 Å². The number of aromatic nitrogens is 5. The average Bonchev–Trinajstić information content (AvgIpc) is 3.58. The highest BCUT2D eigenvalue weighted by molar-refractivity contribution is 6.31. The van der Waals surface area contributed by atoms with E-state index in [1.54, 1.807) is 12.4 Å². The van der Waals surface area contributed by atoms with E-state index in [1.165, 1.54) is 6.08 Å². The topological polar surface area (TPSA) is 79.3 Å². The number of hydrogen-bond acceptors (Lipinski definition) is 6. The zero-order valence-corrected chi connectivity index (χ0v) is 21.0. The molecular weight excluding hydrogens is 483 g/mol. The van der Waals surface area contributed by atoms with E-state index in [1.807, 2.05) is 47.3 Å². The Morgan fingerprint density at radius 3 is 2.94 bits per heavy atom. The van der Waals surface area contributed by atoms with Crippen LogP contribution in [-0.2, 0) is 22.6 Å². The molecule has 0 saturated carbocycles. The maximum atomic E-state index is 13.6. The van der Waals surface area contributed by atoms with Crippen molar-refractivity contribution in [2.75, 3.05) is 6.61 Å². The van der Waals surface area contributed by atoms with Crippen LogP contribution >= 0.6 is 11.6 Å². The van der Waals surface area contributed by atoms with Crippen molar-refractivity contribution in [3.8, 4) is 17.1 Å². The van der Waals surface area contributed by atoms with Gasteiger partial charge in [0.1, 0.15) is 31.1 Å². The Balaban J connectivity index is 1.43. The molecule has 0 fully saturated rings. The van der Waals surface area contributed by atoms with Gasteiger partial charge in [-0.15, -0.1) is 10.2 Å². The van der Waals surface area contributed by atoms with Crippen molar-refractivity contribution in [2.45, 2.75) is 52.5 Å². The van der Waals surface area contributed by atoms with Crippen LogP contribution in [-0.4, -0.2) is 49.0 Å². The van der Waals surface area contributed by atoms with E-state index in [2.05, 4.69) is 17.1 Å². The van der Waals surface area contributed by atoms with Crippen LogP contribution in [0.1, 0.15) is 44.4 Å². The Morgan fingerprint density at radius 1 is 1.31 bits per heavy atom. The number of nitrogens with zero attached hydrogens (tertiary/aromatic N) is 6. The summed E-state index contributed by atoms with van der Waals surface area (Å²) in [5, 5.41) is 9.52. The first-order valence-electron chi connectivity index (χ1n) is 12.0. The third-order valence-corrected chi connectivity index (χ3v) is 7.22. The average molecular weight is 509 g/mol. The molecule has 1 aliphatic carbocycles. The number of halogens is 2. The van der Waals surface area contributed by atoms with Gasteiger partial charge in [-0.05, 0) is 50.6 Å². The summed E-state index contributed by atoms with van der Waals surface area (Å²) in [7, 11) is 0. The molecule has 0 bridgehead atoms. The van der Waals surface area contributed by atoms with Crippen molar-refractivity contribution in [2.24, 2.45) is 10.4 Å². The summed E-state index contributed by atoms with van der Waals surface area (Å²) in [6.45, 7) is 7.25. The van der Waals surface area contributed by atoms with Crippen molar-refractivity contribution < 1.29 is 13.9 Å². The minimum atomic E-state index is -0.319. The first-order chi connectivity index (χ1) is 17.3. The van der Waals surface area contributed by atoms with E-state index in [9.17, 15) is 4.39 Å². The molecule has 2 atom stereocenters. The molecule has 0 spiro atoms. The lowest BCUT2D eigenvalue weighted by Gasteiger charge is -2.30. The third kappa shape index (κ3) is 3.87. The zero-order valence-electron chi connectivity index (χ0n) is 20.3. The van der Waals surface area contributed by atoms with Gasteiger partial charge in [0.15, 0.2) is 11.6 Å². The fourth-order valence-corrected chi connectivity index (χ4v) is 4.99. The summed E-state index contributed by atoms with van der Waals surface area (Å²) < 4.78 is 29.6. The van der Waals surface area contributed by atoms with Gasteiger partial charge < -0.3 is 14.0 Å². The van der Waals surface area contributed by atoms with Crippen LogP contribution in [0.25, 0.3) is 17.1 Å². The number of benzene rings is 1. The minimum absolute atomic E-state index is 0.0586. The van der Waals surface area contributed by atoms with Crippen LogP contribution in [0.5, 0.6) is 0 Å². The van der Waals surface area contributed by atoms with Gasteiger partial charge in [0.2, 0.25) is 5.90 Å². The largest absolute Gasteiger partial charge is 0.474 e. The molecule has 1 unspecified atom stereocenters. The summed E-state index contributed by atoms with van der Waals surface area (Å²) >= 11 is 6.37. The zero-order chi connectivity index (χ0) is 25.0. The smallest absolute Gasteiger partial charge is 0.237 e. The molecular formula is C26H26ClFN6O2. The van der Waals surface area contributed by atoms with E-state index in [0.717, 1.165) is 16.9 Å². The molecule has 2 aromatic heterocycles. The van der Waals surface area contributed by atoms with Crippen molar-refractivity contribution >= 4 is 17.5 Å². The molecule has 0 radical (unpaired) electrons. The van der Waals surface area contributed by atoms with Crippen LogP contribution in [0.15, 0.2) is 53.6 Å². The number of imidazole rings is 1. The number of aliphatic imine (C=N–C) groups is 1. The van der Waals surface area contributed by atoms with Crippen LogP contribution in [0, 0.1) is 5.41 Å². The Hall–Kier alpha value is -3.30. The van der Waals surface area contributed by atoms with Crippen molar-refractivity contribution in [3.63, 3.8) is 0 Å². The van der Waals surface area contributed by atoms with Gasteiger partial charge in [-0.1, -0.05) is 24.6 Å².